The van der Waals surface area contributed by atoms with E-state index >= 15 is 0 Å². The zero-order chi connectivity index (χ0) is 25.1. The lowest BCUT2D eigenvalue weighted by Gasteiger charge is -2.18. The third-order valence-electron chi connectivity index (χ3n) is 5.80. The van der Waals surface area contributed by atoms with Crippen molar-refractivity contribution in [1.29, 1.82) is 0 Å². The summed E-state index contributed by atoms with van der Waals surface area (Å²) >= 11 is 5.90. The molecule has 0 fully saturated rings. The number of imidazole rings is 1. The molecule has 10 heteroatoms. The first-order chi connectivity index (χ1) is 16.8. The fraction of sp³-hybridized carbons (Fsp3) is 0.240. The molecule has 0 saturated carbocycles. The van der Waals surface area contributed by atoms with Crippen LogP contribution < -0.4 is 5.56 Å². The van der Waals surface area contributed by atoms with E-state index in [0.717, 1.165) is 5.69 Å². The van der Waals surface area contributed by atoms with Gasteiger partial charge in [0.2, 0.25) is 0 Å². The SMILES string of the molecule is COC(=O)CC(c1ccc(-c2ccc(F)c(Cl)c2)o1)c1c(O)cc(C)n(CCc2cnc[nH]2)c1=O. The summed E-state index contributed by atoms with van der Waals surface area (Å²) in [5.41, 5.74) is 1.51. The second-order valence-electron chi connectivity index (χ2n) is 8.03. The Morgan fingerprint density at radius 3 is 2.80 bits per heavy atom. The molecule has 8 nitrogen and oxygen atoms in total. The number of hydrogen-bond donors (Lipinski definition) is 2. The van der Waals surface area contributed by atoms with Gasteiger partial charge < -0.3 is 23.8 Å². The predicted octanol–water partition coefficient (Wildman–Crippen LogP) is 4.58. The Bertz CT molecular complexity index is 1410. The fourth-order valence-corrected chi connectivity index (χ4v) is 4.15. The fourth-order valence-electron chi connectivity index (χ4n) is 3.97. The molecule has 3 heterocycles. The summed E-state index contributed by atoms with van der Waals surface area (Å²) in [5, 5.41) is 10.7. The van der Waals surface area contributed by atoms with E-state index in [2.05, 4.69) is 9.97 Å². The molecule has 0 radical (unpaired) electrons. The third-order valence-corrected chi connectivity index (χ3v) is 6.09. The van der Waals surface area contributed by atoms with Crippen molar-refractivity contribution in [1.82, 2.24) is 14.5 Å². The van der Waals surface area contributed by atoms with Crippen molar-refractivity contribution in [2.45, 2.75) is 32.2 Å². The van der Waals surface area contributed by atoms with Crippen LogP contribution in [0.1, 0.15) is 35.1 Å². The molecule has 35 heavy (non-hydrogen) atoms. The number of methoxy groups -OCH3 is 1. The monoisotopic (exact) mass is 499 g/mol. The number of carbonyl (C=O) groups is 1. The summed E-state index contributed by atoms with van der Waals surface area (Å²) in [7, 11) is 1.24. The maximum atomic E-state index is 13.6. The van der Waals surface area contributed by atoms with Gasteiger partial charge in [-0.3, -0.25) is 9.59 Å². The van der Waals surface area contributed by atoms with Gasteiger partial charge in [-0.1, -0.05) is 11.6 Å². The zero-order valence-corrected chi connectivity index (χ0v) is 19.8. The maximum Gasteiger partial charge on any atom is 0.306 e. The molecule has 4 rings (SSSR count). The number of halogens is 2. The molecule has 3 aromatic heterocycles. The van der Waals surface area contributed by atoms with Gasteiger partial charge in [0.25, 0.3) is 5.56 Å². The molecule has 1 aromatic carbocycles. The number of aromatic hydroxyl groups is 1. The molecular formula is C25H23ClFN3O5. The number of furan rings is 1. The predicted molar refractivity (Wildman–Crippen MR) is 127 cm³/mol. The molecule has 0 aliphatic carbocycles. The molecule has 0 aliphatic heterocycles. The van der Waals surface area contributed by atoms with Crippen molar-refractivity contribution < 1.29 is 23.4 Å². The number of rotatable bonds is 8. The largest absolute Gasteiger partial charge is 0.507 e. The minimum Gasteiger partial charge on any atom is -0.507 e. The van der Waals surface area contributed by atoms with Gasteiger partial charge in [-0.25, -0.2) is 9.37 Å². The van der Waals surface area contributed by atoms with Crippen LogP contribution in [0.3, 0.4) is 0 Å². The summed E-state index contributed by atoms with van der Waals surface area (Å²) in [6.45, 7) is 2.05. The van der Waals surface area contributed by atoms with Gasteiger partial charge in [0.1, 0.15) is 23.1 Å². The molecule has 0 aliphatic rings. The number of aryl methyl sites for hydroxylation is 2. The highest BCUT2D eigenvalue weighted by Crippen LogP contribution is 2.36. The minimum atomic E-state index is -0.918. The number of carbonyl (C=O) groups excluding carboxylic acids is 1. The molecule has 0 bridgehead atoms. The summed E-state index contributed by atoms with van der Waals surface area (Å²) in [6, 6.07) is 8.86. The average molecular weight is 500 g/mol. The summed E-state index contributed by atoms with van der Waals surface area (Å²) in [5.74, 6) is -1.68. The van der Waals surface area contributed by atoms with Gasteiger partial charge in [-0.05, 0) is 43.3 Å². The Labute approximate surface area is 205 Å². The van der Waals surface area contributed by atoms with Crippen molar-refractivity contribution in [3.63, 3.8) is 0 Å². The number of benzene rings is 1. The highest BCUT2D eigenvalue weighted by Gasteiger charge is 2.29. The van der Waals surface area contributed by atoms with E-state index in [-0.39, 0.29) is 28.5 Å². The lowest BCUT2D eigenvalue weighted by atomic mass is 9.93. The van der Waals surface area contributed by atoms with Gasteiger partial charge in [0, 0.05) is 36.1 Å². The summed E-state index contributed by atoms with van der Waals surface area (Å²) < 4.78 is 25.9. The number of ether oxygens (including phenoxy) is 1. The van der Waals surface area contributed by atoms with Crippen molar-refractivity contribution in [3.8, 4) is 17.1 Å². The van der Waals surface area contributed by atoms with E-state index in [9.17, 15) is 19.1 Å². The van der Waals surface area contributed by atoms with Crippen LogP contribution >= 0.6 is 11.6 Å². The number of pyridine rings is 1. The Morgan fingerprint density at radius 2 is 2.11 bits per heavy atom. The summed E-state index contributed by atoms with van der Waals surface area (Å²) in [6.07, 6.45) is 3.51. The second kappa shape index (κ2) is 10.2. The number of aromatic nitrogens is 3. The number of hydrogen-bond acceptors (Lipinski definition) is 6. The molecule has 0 saturated heterocycles. The van der Waals surface area contributed by atoms with E-state index in [1.165, 1.54) is 35.9 Å². The smallest absolute Gasteiger partial charge is 0.306 e. The van der Waals surface area contributed by atoms with E-state index in [1.807, 2.05) is 0 Å². The van der Waals surface area contributed by atoms with Gasteiger partial charge in [0.05, 0.1) is 36.4 Å². The first-order valence-electron chi connectivity index (χ1n) is 10.8. The average Bonchev–Trinajstić information content (AvgIpc) is 3.52. The highest BCUT2D eigenvalue weighted by atomic mass is 35.5. The van der Waals surface area contributed by atoms with Crippen LogP contribution in [0.4, 0.5) is 4.39 Å². The van der Waals surface area contributed by atoms with Gasteiger partial charge in [-0.15, -0.1) is 0 Å². The van der Waals surface area contributed by atoms with Gasteiger partial charge in [-0.2, -0.15) is 0 Å². The Hall–Kier alpha value is -3.85. The standard InChI is InChI=1S/C25H23ClFN3O5/c1-14-9-20(31)24(25(33)30(14)8-7-16-12-28-13-29-16)17(11-23(32)34-2)22-6-5-21(35-22)15-3-4-19(27)18(26)10-15/h3-6,9-10,12-13,17,31H,7-8,11H2,1-2H3,(H,28,29). The maximum absolute atomic E-state index is 13.6. The van der Waals surface area contributed by atoms with Crippen LogP contribution in [0.15, 0.2) is 58.1 Å². The minimum absolute atomic E-state index is 0.0173. The first-order valence-corrected chi connectivity index (χ1v) is 11.2. The number of esters is 1. The van der Waals surface area contributed by atoms with Crippen molar-refractivity contribution in [2.75, 3.05) is 7.11 Å². The molecule has 1 atom stereocenters. The normalized spacial score (nSPS) is 12.0. The van der Waals surface area contributed by atoms with E-state index in [4.69, 9.17) is 20.8 Å². The van der Waals surface area contributed by atoms with Crippen LogP contribution in [-0.4, -0.2) is 32.7 Å². The zero-order valence-electron chi connectivity index (χ0n) is 19.0. The van der Waals surface area contributed by atoms with E-state index in [0.29, 0.717) is 30.0 Å². The molecular weight excluding hydrogens is 477 g/mol. The van der Waals surface area contributed by atoms with Gasteiger partial charge in [0.15, 0.2) is 0 Å². The van der Waals surface area contributed by atoms with Crippen LogP contribution in [0.2, 0.25) is 5.02 Å². The molecule has 0 amide bonds. The molecule has 4 aromatic rings. The van der Waals surface area contributed by atoms with Crippen LogP contribution in [0.5, 0.6) is 5.75 Å². The summed E-state index contributed by atoms with van der Waals surface area (Å²) in [4.78, 5) is 32.8. The third kappa shape index (κ3) is 5.14. The Kier molecular flexibility index (Phi) is 7.07. The number of aromatic amines is 1. The molecule has 182 valence electrons. The quantitative estimate of drug-likeness (QED) is 0.343. The number of nitrogens with one attached hydrogen (secondary N) is 1. The Balaban J connectivity index is 1.76. The Morgan fingerprint density at radius 1 is 1.31 bits per heavy atom. The molecule has 2 N–H and O–H groups in total. The first kappa shape index (κ1) is 24.3. The van der Waals surface area contributed by atoms with E-state index in [1.54, 1.807) is 31.6 Å². The highest BCUT2D eigenvalue weighted by molar-refractivity contribution is 6.31. The van der Waals surface area contributed by atoms with Gasteiger partial charge >= 0.3 is 5.97 Å². The van der Waals surface area contributed by atoms with Crippen LogP contribution in [0, 0.1) is 12.7 Å². The molecule has 0 spiro atoms. The number of nitrogens with zero attached hydrogens (tertiary/aromatic N) is 2. The second-order valence-corrected chi connectivity index (χ2v) is 8.44. The van der Waals surface area contributed by atoms with Crippen molar-refractivity contribution in [2.24, 2.45) is 0 Å². The lowest BCUT2D eigenvalue weighted by molar-refractivity contribution is -0.140. The topological polar surface area (TPSA) is 110 Å². The lowest BCUT2D eigenvalue weighted by Crippen LogP contribution is -2.29. The molecule has 1 unspecified atom stereocenters. The van der Waals surface area contributed by atoms with Crippen molar-refractivity contribution >= 4 is 17.6 Å². The van der Waals surface area contributed by atoms with Crippen LogP contribution in [-0.2, 0) is 22.5 Å². The van der Waals surface area contributed by atoms with E-state index < -0.39 is 23.3 Å². The number of H-pyrrole nitrogens is 1. The van der Waals surface area contributed by atoms with Crippen molar-refractivity contribution in [3.05, 3.63) is 92.8 Å². The van der Waals surface area contributed by atoms with Crippen LogP contribution in [0.25, 0.3) is 11.3 Å².